The predicted molar refractivity (Wildman–Crippen MR) is 62.1 cm³/mol. The first-order valence-corrected chi connectivity index (χ1v) is 5.38. The fourth-order valence-corrected chi connectivity index (χ4v) is 1.12. The second kappa shape index (κ2) is 5.72. The molecule has 0 fully saturated rings. The molecule has 0 unspecified atom stereocenters. The number of carbonyl (C=O) groups is 2. The van der Waals surface area contributed by atoms with Crippen LogP contribution in [0.4, 0.5) is 4.79 Å². The van der Waals surface area contributed by atoms with Gasteiger partial charge in [0.2, 0.25) is 5.91 Å². The lowest BCUT2D eigenvalue weighted by molar-refractivity contribution is -0.123. The molecule has 0 aromatic carbocycles. The SMILES string of the molecule is CNC(=O)[C@H](NC(=O)OC(C)(C)C)C(C)C. The minimum atomic E-state index is -0.574. The van der Waals surface area contributed by atoms with E-state index in [0.717, 1.165) is 0 Å². The fraction of sp³-hybridized carbons (Fsp3) is 0.818. The summed E-state index contributed by atoms with van der Waals surface area (Å²) in [6.07, 6.45) is -0.574. The van der Waals surface area contributed by atoms with Gasteiger partial charge in [0, 0.05) is 7.05 Å². The van der Waals surface area contributed by atoms with E-state index in [9.17, 15) is 9.59 Å². The first kappa shape index (κ1) is 14.7. The monoisotopic (exact) mass is 230 g/mol. The maximum Gasteiger partial charge on any atom is 0.408 e. The molecule has 0 aromatic rings. The highest BCUT2D eigenvalue weighted by atomic mass is 16.6. The zero-order chi connectivity index (χ0) is 12.9. The Morgan fingerprint density at radius 1 is 1.19 bits per heavy atom. The van der Waals surface area contributed by atoms with Gasteiger partial charge in [-0.3, -0.25) is 4.79 Å². The summed E-state index contributed by atoms with van der Waals surface area (Å²) in [6.45, 7) is 9.04. The molecule has 94 valence electrons. The smallest absolute Gasteiger partial charge is 0.408 e. The van der Waals surface area contributed by atoms with Gasteiger partial charge in [0.05, 0.1) is 0 Å². The molecule has 0 spiro atoms. The second-order valence-corrected chi connectivity index (χ2v) is 4.98. The lowest BCUT2D eigenvalue weighted by Crippen LogP contribution is -2.50. The normalized spacial score (nSPS) is 13.2. The highest BCUT2D eigenvalue weighted by Crippen LogP contribution is 2.08. The highest BCUT2D eigenvalue weighted by Gasteiger charge is 2.25. The van der Waals surface area contributed by atoms with E-state index >= 15 is 0 Å². The first-order valence-electron chi connectivity index (χ1n) is 5.38. The quantitative estimate of drug-likeness (QED) is 0.767. The van der Waals surface area contributed by atoms with E-state index in [-0.39, 0.29) is 11.8 Å². The van der Waals surface area contributed by atoms with Crippen LogP contribution in [-0.4, -0.2) is 30.7 Å². The molecule has 0 aromatic heterocycles. The van der Waals surface area contributed by atoms with Crippen LogP contribution in [0.5, 0.6) is 0 Å². The Kier molecular flexibility index (Phi) is 5.27. The maximum atomic E-state index is 11.5. The summed E-state index contributed by atoms with van der Waals surface area (Å²) in [5, 5.41) is 5.06. The van der Waals surface area contributed by atoms with E-state index in [2.05, 4.69) is 10.6 Å². The Morgan fingerprint density at radius 2 is 1.69 bits per heavy atom. The van der Waals surface area contributed by atoms with Crippen molar-refractivity contribution in [2.24, 2.45) is 5.92 Å². The van der Waals surface area contributed by atoms with Crippen molar-refractivity contribution in [2.75, 3.05) is 7.05 Å². The molecular formula is C11H22N2O3. The van der Waals surface area contributed by atoms with Gasteiger partial charge in [-0.2, -0.15) is 0 Å². The first-order chi connectivity index (χ1) is 7.17. The van der Waals surface area contributed by atoms with Crippen LogP contribution < -0.4 is 10.6 Å². The number of nitrogens with one attached hydrogen (secondary N) is 2. The molecule has 1 atom stereocenters. The third-order valence-electron chi connectivity index (χ3n) is 1.87. The third kappa shape index (κ3) is 5.58. The molecule has 0 heterocycles. The lowest BCUT2D eigenvalue weighted by Gasteiger charge is -2.24. The van der Waals surface area contributed by atoms with Crippen molar-refractivity contribution in [3.05, 3.63) is 0 Å². The molecule has 0 radical (unpaired) electrons. The Labute approximate surface area is 96.9 Å². The average molecular weight is 230 g/mol. The number of ether oxygens (including phenoxy) is 1. The van der Waals surface area contributed by atoms with Gasteiger partial charge in [-0.25, -0.2) is 4.79 Å². The molecule has 2 N–H and O–H groups in total. The highest BCUT2D eigenvalue weighted by molar-refractivity contribution is 5.85. The van der Waals surface area contributed by atoms with Crippen LogP contribution in [0.15, 0.2) is 0 Å². The van der Waals surface area contributed by atoms with Gasteiger partial charge in [0.1, 0.15) is 11.6 Å². The molecule has 0 aliphatic carbocycles. The van der Waals surface area contributed by atoms with Gasteiger partial charge in [-0.05, 0) is 26.7 Å². The number of carbonyl (C=O) groups excluding carboxylic acids is 2. The minimum absolute atomic E-state index is 0.00692. The summed E-state index contributed by atoms with van der Waals surface area (Å²) in [7, 11) is 1.54. The Morgan fingerprint density at radius 3 is 2.00 bits per heavy atom. The molecular weight excluding hydrogens is 208 g/mol. The van der Waals surface area contributed by atoms with Crippen molar-refractivity contribution < 1.29 is 14.3 Å². The van der Waals surface area contributed by atoms with Crippen LogP contribution in [-0.2, 0) is 9.53 Å². The number of likely N-dealkylation sites (N-methyl/N-ethyl adjacent to an activating group) is 1. The minimum Gasteiger partial charge on any atom is -0.444 e. The standard InChI is InChI=1S/C11H22N2O3/c1-7(2)8(9(14)12-6)13-10(15)16-11(3,4)5/h7-8H,1-6H3,(H,12,14)(H,13,15)/t8-/m1/s1. The van der Waals surface area contributed by atoms with Crippen LogP contribution in [0.25, 0.3) is 0 Å². The van der Waals surface area contributed by atoms with E-state index in [1.165, 1.54) is 7.05 Å². The second-order valence-electron chi connectivity index (χ2n) is 4.98. The largest absolute Gasteiger partial charge is 0.444 e. The maximum absolute atomic E-state index is 11.5. The average Bonchev–Trinajstić information content (AvgIpc) is 2.09. The molecule has 2 amide bonds. The molecule has 16 heavy (non-hydrogen) atoms. The predicted octanol–water partition coefficient (Wildman–Crippen LogP) is 1.28. The third-order valence-corrected chi connectivity index (χ3v) is 1.87. The van der Waals surface area contributed by atoms with E-state index in [1.54, 1.807) is 20.8 Å². The fourth-order valence-electron chi connectivity index (χ4n) is 1.12. The number of amides is 2. The molecule has 0 aliphatic rings. The van der Waals surface area contributed by atoms with Gasteiger partial charge in [-0.15, -0.1) is 0 Å². The van der Waals surface area contributed by atoms with E-state index in [4.69, 9.17) is 4.74 Å². The summed E-state index contributed by atoms with van der Waals surface area (Å²) in [6, 6.07) is -0.570. The van der Waals surface area contributed by atoms with Crippen LogP contribution >= 0.6 is 0 Å². The number of hydrogen-bond donors (Lipinski definition) is 2. The van der Waals surface area contributed by atoms with Crippen molar-refractivity contribution in [3.63, 3.8) is 0 Å². The Bertz CT molecular complexity index is 256. The zero-order valence-electron chi connectivity index (χ0n) is 10.9. The van der Waals surface area contributed by atoms with Gasteiger partial charge in [-0.1, -0.05) is 13.8 Å². The van der Waals surface area contributed by atoms with Crippen LogP contribution in [0.1, 0.15) is 34.6 Å². The molecule has 0 saturated carbocycles. The molecule has 0 saturated heterocycles. The Balaban J connectivity index is 4.42. The van der Waals surface area contributed by atoms with Gasteiger partial charge < -0.3 is 15.4 Å². The van der Waals surface area contributed by atoms with E-state index < -0.39 is 17.7 Å². The summed E-state index contributed by atoms with van der Waals surface area (Å²) >= 11 is 0. The van der Waals surface area contributed by atoms with Gasteiger partial charge >= 0.3 is 6.09 Å². The van der Waals surface area contributed by atoms with Crippen LogP contribution in [0.2, 0.25) is 0 Å². The van der Waals surface area contributed by atoms with Gasteiger partial charge in [0.15, 0.2) is 0 Å². The zero-order valence-corrected chi connectivity index (χ0v) is 10.9. The van der Waals surface area contributed by atoms with Crippen molar-refractivity contribution >= 4 is 12.0 Å². The number of rotatable bonds is 3. The number of alkyl carbamates (subject to hydrolysis) is 1. The molecule has 5 heteroatoms. The summed E-state index contributed by atoms with van der Waals surface area (Å²) < 4.78 is 5.08. The van der Waals surface area contributed by atoms with E-state index in [0.29, 0.717) is 0 Å². The topological polar surface area (TPSA) is 67.4 Å². The van der Waals surface area contributed by atoms with Crippen molar-refractivity contribution in [1.82, 2.24) is 10.6 Å². The summed E-state index contributed by atoms with van der Waals surface area (Å²) in [5.74, 6) is -0.215. The Hall–Kier alpha value is -1.26. The van der Waals surface area contributed by atoms with Crippen LogP contribution in [0, 0.1) is 5.92 Å². The summed E-state index contributed by atoms with van der Waals surface area (Å²) in [5.41, 5.74) is -0.561. The van der Waals surface area contributed by atoms with Crippen molar-refractivity contribution in [1.29, 1.82) is 0 Å². The molecule has 0 aliphatic heterocycles. The lowest BCUT2D eigenvalue weighted by atomic mass is 10.0. The molecule has 0 rings (SSSR count). The van der Waals surface area contributed by atoms with E-state index in [1.807, 2.05) is 13.8 Å². The number of hydrogen-bond acceptors (Lipinski definition) is 3. The molecule has 5 nitrogen and oxygen atoms in total. The van der Waals surface area contributed by atoms with Crippen molar-refractivity contribution in [2.45, 2.75) is 46.3 Å². The van der Waals surface area contributed by atoms with Crippen LogP contribution in [0.3, 0.4) is 0 Å². The van der Waals surface area contributed by atoms with Crippen molar-refractivity contribution in [3.8, 4) is 0 Å². The molecule has 0 bridgehead atoms. The summed E-state index contributed by atoms with van der Waals surface area (Å²) in [4.78, 5) is 23.0. The van der Waals surface area contributed by atoms with Gasteiger partial charge in [0.25, 0.3) is 0 Å².